The molecule has 0 spiro atoms. The Hall–Kier alpha value is -1.30. The van der Waals surface area contributed by atoms with Crippen LogP contribution in [-0.4, -0.2) is 37.5 Å². The number of amides is 2. The Balaban J connectivity index is 2.54. The van der Waals surface area contributed by atoms with E-state index in [4.69, 9.17) is 23.2 Å². The van der Waals surface area contributed by atoms with E-state index in [1.807, 2.05) is 20.8 Å². The third-order valence-corrected chi connectivity index (χ3v) is 3.71. The van der Waals surface area contributed by atoms with Gasteiger partial charge in [-0.15, -0.1) is 0 Å². The van der Waals surface area contributed by atoms with Crippen LogP contribution in [0.2, 0.25) is 10.0 Å². The monoisotopic (exact) mass is 346 g/mol. The number of carbonyl (C=O) groups is 2. The molecule has 0 aliphatic heterocycles. The molecule has 1 aromatic rings. The topological polar surface area (TPSA) is 62.6 Å². The maximum Gasteiger partial charge on any atom is 0.279 e. The first-order valence-electron chi connectivity index (χ1n) is 7.19. The van der Waals surface area contributed by atoms with Gasteiger partial charge in [-0.05, 0) is 39.0 Å². The van der Waals surface area contributed by atoms with E-state index in [1.54, 1.807) is 18.2 Å². The van der Waals surface area contributed by atoms with Crippen LogP contribution < -0.4 is 15.5 Å². The fraction of sp³-hybridized carbons (Fsp3) is 0.467. The number of hydrogen-bond donors (Lipinski definition) is 3. The van der Waals surface area contributed by atoms with E-state index in [2.05, 4.69) is 10.6 Å². The van der Waals surface area contributed by atoms with E-state index in [9.17, 15) is 9.59 Å². The molecular formula is C15H22Cl2N3O2+. The lowest BCUT2D eigenvalue weighted by molar-refractivity contribution is -0.881. The van der Waals surface area contributed by atoms with Gasteiger partial charge < -0.3 is 15.5 Å². The summed E-state index contributed by atoms with van der Waals surface area (Å²) in [5, 5.41) is 6.40. The minimum absolute atomic E-state index is 0.0609. The molecule has 3 N–H and O–H groups in total. The molecule has 0 bridgehead atoms. The first kappa shape index (κ1) is 18.7. The molecular weight excluding hydrogens is 325 g/mol. The number of halogens is 2. The van der Waals surface area contributed by atoms with Crippen LogP contribution in [0.5, 0.6) is 0 Å². The molecule has 1 rings (SSSR count). The number of rotatable bonds is 7. The Morgan fingerprint density at radius 2 is 1.77 bits per heavy atom. The van der Waals surface area contributed by atoms with Crippen molar-refractivity contribution in [3.05, 3.63) is 28.2 Å². The number of quaternary nitrogens is 1. The first-order valence-corrected chi connectivity index (χ1v) is 7.95. The summed E-state index contributed by atoms with van der Waals surface area (Å²) < 4.78 is 0. The van der Waals surface area contributed by atoms with Crippen molar-refractivity contribution in [3.63, 3.8) is 0 Å². The van der Waals surface area contributed by atoms with Gasteiger partial charge in [-0.25, -0.2) is 0 Å². The minimum atomic E-state index is -0.174. The van der Waals surface area contributed by atoms with Crippen molar-refractivity contribution in [1.82, 2.24) is 5.32 Å². The average molecular weight is 347 g/mol. The van der Waals surface area contributed by atoms with E-state index in [0.717, 1.165) is 4.90 Å². The van der Waals surface area contributed by atoms with Crippen LogP contribution in [-0.2, 0) is 9.59 Å². The van der Waals surface area contributed by atoms with Gasteiger partial charge in [0.25, 0.3) is 11.8 Å². The normalized spacial score (nSPS) is 12.1. The highest BCUT2D eigenvalue weighted by atomic mass is 35.5. The predicted molar refractivity (Wildman–Crippen MR) is 89.6 cm³/mol. The molecule has 0 fully saturated rings. The third-order valence-electron chi connectivity index (χ3n) is 2.97. The molecule has 0 aliphatic carbocycles. The van der Waals surface area contributed by atoms with Crippen LogP contribution in [0.1, 0.15) is 20.8 Å². The van der Waals surface area contributed by atoms with Crippen LogP contribution in [0.15, 0.2) is 18.2 Å². The number of likely N-dealkylation sites (N-methyl/N-ethyl adjacent to an activating group) is 1. The smallest absolute Gasteiger partial charge is 0.279 e. The van der Waals surface area contributed by atoms with Crippen molar-refractivity contribution >= 4 is 40.7 Å². The second kappa shape index (κ2) is 8.98. The van der Waals surface area contributed by atoms with E-state index in [1.165, 1.54) is 0 Å². The van der Waals surface area contributed by atoms with E-state index in [0.29, 0.717) is 22.3 Å². The van der Waals surface area contributed by atoms with Gasteiger partial charge in [-0.1, -0.05) is 23.2 Å². The summed E-state index contributed by atoms with van der Waals surface area (Å²) >= 11 is 11.7. The van der Waals surface area contributed by atoms with Crippen molar-refractivity contribution in [2.45, 2.75) is 26.8 Å². The molecule has 5 nitrogen and oxygen atoms in total. The highest BCUT2D eigenvalue weighted by Gasteiger charge is 2.17. The number of benzene rings is 1. The van der Waals surface area contributed by atoms with Gasteiger partial charge in [0.15, 0.2) is 13.1 Å². The molecule has 0 saturated carbocycles. The Labute approximate surface area is 141 Å². The third kappa shape index (κ3) is 6.64. The van der Waals surface area contributed by atoms with Crippen molar-refractivity contribution < 1.29 is 14.5 Å². The predicted octanol–water partition coefficient (Wildman–Crippen LogP) is 1.36. The zero-order valence-corrected chi connectivity index (χ0v) is 14.5. The Morgan fingerprint density at radius 3 is 2.32 bits per heavy atom. The molecule has 7 heteroatoms. The van der Waals surface area contributed by atoms with E-state index < -0.39 is 0 Å². The van der Waals surface area contributed by atoms with E-state index >= 15 is 0 Å². The first-order chi connectivity index (χ1) is 10.3. The fourth-order valence-corrected chi connectivity index (χ4v) is 2.22. The molecule has 22 heavy (non-hydrogen) atoms. The van der Waals surface area contributed by atoms with E-state index in [-0.39, 0.29) is 30.9 Å². The van der Waals surface area contributed by atoms with Gasteiger partial charge in [-0.3, -0.25) is 9.59 Å². The van der Waals surface area contributed by atoms with Crippen molar-refractivity contribution in [3.8, 4) is 0 Å². The van der Waals surface area contributed by atoms with Crippen LogP contribution in [0, 0.1) is 0 Å². The fourth-order valence-electron chi connectivity index (χ4n) is 1.92. The number of hydrogen-bond acceptors (Lipinski definition) is 2. The van der Waals surface area contributed by atoms with Crippen molar-refractivity contribution in [2.24, 2.45) is 0 Å². The summed E-state index contributed by atoms with van der Waals surface area (Å²) in [7, 11) is 0. The second-order valence-electron chi connectivity index (χ2n) is 5.36. The van der Waals surface area contributed by atoms with Gasteiger partial charge in [-0.2, -0.15) is 0 Å². The average Bonchev–Trinajstić information content (AvgIpc) is 2.41. The maximum atomic E-state index is 12.0. The van der Waals surface area contributed by atoms with Crippen LogP contribution >= 0.6 is 23.2 Å². The lowest BCUT2D eigenvalue weighted by Gasteiger charge is -2.17. The SMILES string of the molecule is CC[NH+](CC(=O)Nc1ccc(Cl)c(Cl)c1)CC(=O)NC(C)C. The molecule has 122 valence electrons. The molecule has 0 saturated heterocycles. The molecule has 0 radical (unpaired) electrons. The van der Waals surface area contributed by atoms with Crippen LogP contribution in [0.25, 0.3) is 0 Å². The molecule has 0 aliphatic rings. The zero-order chi connectivity index (χ0) is 16.7. The Morgan fingerprint density at radius 1 is 1.14 bits per heavy atom. The zero-order valence-electron chi connectivity index (χ0n) is 13.0. The van der Waals surface area contributed by atoms with Crippen LogP contribution in [0.3, 0.4) is 0 Å². The molecule has 0 heterocycles. The van der Waals surface area contributed by atoms with Gasteiger partial charge in [0.05, 0.1) is 16.6 Å². The van der Waals surface area contributed by atoms with Crippen LogP contribution in [0.4, 0.5) is 5.69 Å². The highest BCUT2D eigenvalue weighted by Crippen LogP contribution is 2.24. The summed E-state index contributed by atoms with van der Waals surface area (Å²) in [6.07, 6.45) is 0. The van der Waals surface area contributed by atoms with Gasteiger partial charge in [0.1, 0.15) is 0 Å². The van der Waals surface area contributed by atoms with Crippen molar-refractivity contribution in [1.29, 1.82) is 0 Å². The Kier molecular flexibility index (Phi) is 7.65. The summed E-state index contributed by atoms with van der Waals surface area (Å²) in [6.45, 7) is 6.90. The maximum absolute atomic E-state index is 12.0. The number of carbonyl (C=O) groups excluding carboxylic acids is 2. The van der Waals surface area contributed by atoms with Crippen molar-refractivity contribution in [2.75, 3.05) is 25.0 Å². The molecule has 1 aromatic carbocycles. The Bertz CT molecular complexity index is 536. The van der Waals surface area contributed by atoms with Gasteiger partial charge in [0, 0.05) is 11.7 Å². The molecule has 1 atom stereocenters. The quantitative estimate of drug-likeness (QED) is 0.698. The summed E-state index contributed by atoms with van der Waals surface area (Å²) in [6, 6.07) is 5.00. The van der Waals surface area contributed by atoms with Gasteiger partial charge >= 0.3 is 0 Å². The van der Waals surface area contributed by atoms with Gasteiger partial charge in [0.2, 0.25) is 0 Å². The molecule has 2 amide bonds. The number of anilines is 1. The number of nitrogens with one attached hydrogen (secondary N) is 3. The largest absolute Gasteiger partial charge is 0.349 e. The molecule has 1 unspecified atom stereocenters. The summed E-state index contributed by atoms with van der Waals surface area (Å²) in [5.74, 6) is -0.234. The standard InChI is InChI=1S/C15H21Cl2N3O2/c1-4-20(8-14(21)18-10(2)3)9-15(22)19-11-5-6-12(16)13(17)7-11/h5-7,10H,4,8-9H2,1-3H3,(H,18,21)(H,19,22)/p+1. The minimum Gasteiger partial charge on any atom is -0.349 e. The molecule has 0 aromatic heterocycles. The summed E-state index contributed by atoms with van der Waals surface area (Å²) in [5.41, 5.74) is 0.585. The lowest BCUT2D eigenvalue weighted by Crippen LogP contribution is -3.14. The second-order valence-corrected chi connectivity index (χ2v) is 6.17. The lowest BCUT2D eigenvalue weighted by atomic mass is 10.3. The summed E-state index contributed by atoms with van der Waals surface area (Å²) in [4.78, 5) is 24.7. The highest BCUT2D eigenvalue weighted by molar-refractivity contribution is 6.42.